The van der Waals surface area contributed by atoms with E-state index < -0.39 is 11.6 Å². The van der Waals surface area contributed by atoms with Gasteiger partial charge in [-0.25, -0.2) is 13.8 Å². The van der Waals surface area contributed by atoms with Crippen molar-refractivity contribution < 1.29 is 17.9 Å². The third-order valence-corrected chi connectivity index (χ3v) is 2.50. The molecule has 1 N–H and O–H groups in total. The Morgan fingerprint density at radius 3 is 2.95 bits per heavy atom. The number of ether oxygens (including phenoxy) is 1. The fourth-order valence-electron chi connectivity index (χ4n) is 1.57. The van der Waals surface area contributed by atoms with Gasteiger partial charge >= 0.3 is 0 Å². The molecule has 4 nitrogen and oxygen atoms in total. The van der Waals surface area contributed by atoms with E-state index in [1.54, 1.807) is 7.11 Å². The number of hydrogen-bond donors (Lipinski definition) is 1. The maximum Gasteiger partial charge on any atom is 0.229 e. The summed E-state index contributed by atoms with van der Waals surface area (Å²) in [6, 6.07) is 3.27. The van der Waals surface area contributed by atoms with Crippen molar-refractivity contribution in [1.29, 1.82) is 0 Å². The lowest BCUT2D eigenvalue weighted by atomic mass is 10.2. The first-order chi connectivity index (χ1) is 9.20. The van der Waals surface area contributed by atoms with Crippen LogP contribution in [0.25, 0.3) is 11.5 Å². The van der Waals surface area contributed by atoms with Crippen LogP contribution in [0.15, 0.2) is 28.9 Å². The first kappa shape index (κ1) is 13.6. The predicted octanol–water partition coefficient (Wildman–Crippen LogP) is 2.36. The van der Waals surface area contributed by atoms with Gasteiger partial charge < -0.3 is 14.5 Å². The van der Waals surface area contributed by atoms with E-state index in [2.05, 4.69) is 10.3 Å². The van der Waals surface area contributed by atoms with E-state index in [4.69, 9.17) is 9.15 Å². The zero-order valence-corrected chi connectivity index (χ0v) is 10.5. The van der Waals surface area contributed by atoms with Gasteiger partial charge in [0.15, 0.2) is 0 Å². The molecule has 0 aliphatic heterocycles. The molecule has 2 rings (SSSR count). The molecule has 19 heavy (non-hydrogen) atoms. The summed E-state index contributed by atoms with van der Waals surface area (Å²) in [6.07, 6.45) is 1.44. The number of halogens is 2. The highest BCUT2D eigenvalue weighted by Crippen LogP contribution is 2.22. The zero-order chi connectivity index (χ0) is 13.7. The van der Waals surface area contributed by atoms with Gasteiger partial charge in [-0.05, 0) is 12.1 Å². The highest BCUT2D eigenvalue weighted by molar-refractivity contribution is 5.54. The van der Waals surface area contributed by atoms with Crippen LogP contribution in [-0.4, -0.2) is 25.2 Å². The van der Waals surface area contributed by atoms with Gasteiger partial charge in [0, 0.05) is 26.3 Å². The fourth-order valence-corrected chi connectivity index (χ4v) is 1.57. The third-order valence-electron chi connectivity index (χ3n) is 2.50. The molecule has 0 unspecified atom stereocenters. The van der Waals surface area contributed by atoms with Gasteiger partial charge in [-0.3, -0.25) is 0 Å². The molecule has 6 heteroatoms. The second-order valence-electron chi connectivity index (χ2n) is 3.94. The Bertz CT molecular complexity index is 543. The molecule has 102 valence electrons. The van der Waals surface area contributed by atoms with E-state index >= 15 is 0 Å². The molecule has 0 aliphatic carbocycles. The Morgan fingerprint density at radius 2 is 2.21 bits per heavy atom. The molecule has 0 aliphatic rings. The van der Waals surface area contributed by atoms with Crippen molar-refractivity contribution in [2.24, 2.45) is 0 Å². The molecule has 0 saturated heterocycles. The van der Waals surface area contributed by atoms with Crippen LogP contribution in [0, 0.1) is 11.6 Å². The number of rotatable bonds is 6. The van der Waals surface area contributed by atoms with Crippen LogP contribution < -0.4 is 5.32 Å². The maximum absolute atomic E-state index is 13.5. The van der Waals surface area contributed by atoms with Crippen molar-refractivity contribution in [2.75, 3.05) is 20.3 Å². The monoisotopic (exact) mass is 268 g/mol. The molecule has 0 saturated carbocycles. The van der Waals surface area contributed by atoms with Gasteiger partial charge in [-0.15, -0.1) is 0 Å². The number of nitrogens with zero attached hydrogens (tertiary/aromatic N) is 1. The number of methoxy groups -OCH3 is 1. The zero-order valence-electron chi connectivity index (χ0n) is 10.5. The van der Waals surface area contributed by atoms with Crippen molar-refractivity contribution in [3.8, 4) is 11.5 Å². The second-order valence-corrected chi connectivity index (χ2v) is 3.94. The van der Waals surface area contributed by atoms with Crippen molar-refractivity contribution in [3.05, 3.63) is 41.8 Å². The largest absolute Gasteiger partial charge is 0.444 e. The van der Waals surface area contributed by atoms with Gasteiger partial charge in [0.1, 0.15) is 17.9 Å². The van der Waals surface area contributed by atoms with Gasteiger partial charge in [-0.1, -0.05) is 0 Å². The highest BCUT2D eigenvalue weighted by atomic mass is 19.1. The smallest absolute Gasteiger partial charge is 0.229 e. The summed E-state index contributed by atoms with van der Waals surface area (Å²) >= 11 is 0. The quantitative estimate of drug-likeness (QED) is 0.817. The average Bonchev–Trinajstić information content (AvgIpc) is 2.83. The Labute approximate surface area is 109 Å². The molecule has 0 amide bonds. The number of benzene rings is 1. The standard InChI is InChI=1S/C13H14F2N2O2/c1-18-5-4-16-7-10-8-19-13(17-10)11-3-2-9(14)6-12(11)15/h2-3,6,8,16H,4-5,7H2,1H3. The van der Waals surface area contributed by atoms with Gasteiger partial charge in [0.25, 0.3) is 0 Å². The van der Waals surface area contributed by atoms with E-state index in [-0.39, 0.29) is 11.5 Å². The molecule has 0 fully saturated rings. The van der Waals surface area contributed by atoms with E-state index in [0.29, 0.717) is 25.4 Å². The summed E-state index contributed by atoms with van der Waals surface area (Å²) in [6.45, 7) is 1.77. The normalized spacial score (nSPS) is 10.9. The minimum atomic E-state index is -0.694. The van der Waals surface area contributed by atoms with E-state index in [1.807, 2.05) is 0 Å². The number of aromatic nitrogens is 1. The lowest BCUT2D eigenvalue weighted by Gasteiger charge is -2.00. The van der Waals surface area contributed by atoms with Crippen LogP contribution in [-0.2, 0) is 11.3 Å². The van der Waals surface area contributed by atoms with Gasteiger partial charge in [0.05, 0.1) is 17.9 Å². The second kappa shape index (κ2) is 6.40. The van der Waals surface area contributed by atoms with E-state index in [0.717, 1.165) is 6.07 Å². The molecule has 0 spiro atoms. The number of nitrogens with one attached hydrogen (secondary N) is 1. The molecule has 1 heterocycles. The topological polar surface area (TPSA) is 47.3 Å². The van der Waals surface area contributed by atoms with Crippen LogP contribution in [0.1, 0.15) is 5.69 Å². The summed E-state index contributed by atoms with van der Waals surface area (Å²) in [5.74, 6) is -1.18. The van der Waals surface area contributed by atoms with Crippen LogP contribution in [0.4, 0.5) is 8.78 Å². The van der Waals surface area contributed by atoms with Crippen molar-refractivity contribution in [1.82, 2.24) is 10.3 Å². The summed E-state index contributed by atoms with van der Waals surface area (Å²) in [5, 5.41) is 3.09. The van der Waals surface area contributed by atoms with Crippen LogP contribution in [0.5, 0.6) is 0 Å². The number of oxazole rings is 1. The summed E-state index contributed by atoms with van der Waals surface area (Å²) < 4.78 is 36.4. The summed E-state index contributed by atoms with van der Waals surface area (Å²) in [4.78, 5) is 4.14. The first-order valence-electron chi connectivity index (χ1n) is 5.80. The summed E-state index contributed by atoms with van der Waals surface area (Å²) in [5.41, 5.74) is 0.791. The predicted molar refractivity (Wildman–Crippen MR) is 65.4 cm³/mol. The first-order valence-corrected chi connectivity index (χ1v) is 5.80. The maximum atomic E-state index is 13.5. The Hall–Kier alpha value is -1.79. The molecular weight excluding hydrogens is 254 g/mol. The lowest BCUT2D eigenvalue weighted by molar-refractivity contribution is 0.199. The van der Waals surface area contributed by atoms with Crippen LogP contribution in [0.3, 0.4) is 0 Å². The van der Waals surface area contributed by atoms with Crippen molar-refractivity contribution in [3.63, 3.8) is 0 Å². The number of hydrogen-bond acceptors (Lipinski definition) is 4. The summed E-state index contributed by atoms with van der Waals surface area (Å²) in [7, 11) is 1.62. The van der Waals surface area contributed by atoms with Crippen molar-refractivity contribution in [2.45, 2.75) is 6.54 Å². The molecule has 1 aromatic heterocycles. The SMILES string of the molecule is COCCNCc1coc(-c2ccc(F)cc2F)n1. The molecule has 0 atom stereocenters. The molecule has 2 aromatic rings. The Kier molecular flexibility index (Phi) is 4.59. The molecule has 0 bridgehead atoms. The van der Waals surface area contributed by atoms with E-state index in [1.165, 1.54) is 18.4 Å². The Balaban J connectivity index is 2.04. The van der Waals surface area contributed by atoms with Crippen LogP contribution >= 0.6 is 0 Å². The van der Waals surface area contributed by atoms with Crippen molar-refractivity contribution >= 4 is 0 Å². The van der Waals surface area contributed by atoms with Gasteiger partial charge in [0.2, 0.25) is 5.89 Å². The minimum absolute atomic E-state index is 0.140. The van der Waals surface area contributed by atoms with Gasteiger partial charge in [-0.2, -0.15) is 0 Å². The fraction of sp³-hybridized carbons (Fsp3) is 0.308. The lowest BCUT2D eigenvalue weighted by Crippen LogP contribution is -2.18. The minimum Gasteiger partial charge on any atom is -0.444 e. The third kappa shape index (κ3) is 3.59. The molecule has 1 aromatic carbocycles. The van der Waals surface area contributed by atoms with E-state index in [9.17, 15) is 8.78 Å². The molecule has 0 radical (unpaired) electrons. The highest BCUT2D eigenvalue weighted by Gasteiger charge is 2.12. The molecular formula is C13H14F2N2O2. The average molecular weight is 268 g/mol. The Morgan fingerprint density at radius 1 is 1.37 bits per heavy atom. The van der Waals surface area contributed by atoms with Crippen LogP contribution in [0.2, 0.25) is 0 Å².